The normalized spacial score (nSPS) is 18.3. The third kappa shape index (κ3) is 3.37. The van der Waals surface area contributed by atoms with E-state index in [1.165, 1.54) is 0 Å². The van der Waals surface area contributed by atoms with E-state index in [4.69, 9.17) is 5.73 Å². The predicted octanol–water partition coefficient (Wildman–Crippen LogP) is 1.24. The van der Waals surface area contributed by atoms with Crippen LogP contribution in [-0.2, 0) is 4.79 Å². The lowest BCUT2D eigenvalue weighted by Crippen LogP contribution is -2.33. The number of nitrogens with two attached hydrogens (primary N) is 1. The SMILES string of the molecule is NC(=O)CN1CCC[C@@H]1c1ccnc(Nc2ccccn2)n1. The van der Waals surface area contributed by atoms with Crippen LogP contribution in [0.2, 0.25) is 0 Å². The van der Waals surface area contributed by atoms with E-state index >= 15 is 0 Å². The van der Waals surface area contributed by atoms with Crippen molar-refractivity contribution in [2.75, 3.05) is 18.4 Å². The van der Waals surface area contributed by atoms with Crippen molar-refractivity contribution < 1.29 is 4.79 Å². The molecule has 0 aromatic carbocycles. The van der Waals surface area contributed by atoms with Crippen LogP contribution in [0, 0.1) is 0 Å². The third-order valence-corrected chi connectivity index (χ3v) is 3.65. The van der Waals surface area contributed by atoms with E-state index in [9.17, 15) is 4.79 Å². The van der Waals surface area contributed by atoms with E-state index in [1.54, 1.807) is 12.4 Å². The number of nitrogens with zero attached hydrogens (tertiary/aromatic N) is 4. The van der Waals surface area contributed by atoms with Crippen LogP contribution in [0.5, 0.6) is 0 Å². The average molecular weight is 298 g/mol. The van der Waals surface area contributed by atoms with E-state index in [0.717, 1.165) is 25.1 Å². The molecule has 0 spiro atoms. The van der Waals surface area contributed by atoms with Gasteiger partial charge >= 0.3 is 0 Å². The fourth-order valence-electron chi connectivity index (χ4n) is 2.72. The van der Waals surface area contributed by atoms with Crippen molar-refractivity contribution in [3.63, 3.8) is 0 Å². The Labute approximate surface area is 128 Å². The summed E-state index contributed by atoms with van der Waals surface area (Å²) in [4.78, 5) is 26.2. The van der Waals surface area contributed by atoms with Crippen molar-refractivity contribution in [3.8, 4) is 0 Å². The second kappa shape index (κ2) is 6.48. The largest absolute Gasteiger partial charge is 0.369 e. The predicted molar refractivity (Wildman–Crippen MR) is 82.3 cm³/mol. The maximum Gasteiger partial charge on any atom is 0.231 e. The van der Waals surface area contributed by atoms with Gasteiger partial charge in [-0.1, -0.05) is 6.07 Å². The summed E-state index contributed by atoms with van der Waals surface area (Å²) in [6.07, 6.45) is 5.42. The van der Waals surface area contributed by atoms with Crippen LogP contribution in [0.15, 0.2) is 36.7 Å². The van der Waals surface area contributed by atoms with E-state index in [0.29, 0.717) is 11.8 Å². The van der Waals surface area contributed by atoms with Gasteiger partial charge < -0.3 is 11.1 Å². The number of carbonyl (C=O) groups is 1. The van der Waals surface area contributed by atoms with Gasteiger partial charge in [-0.2, -0.15) is 0 Å². The van der Waals surface area contributed by atoms with E-state index in [1.807, 2.05) is 24.3 Å². The third-order valence-electron chi connectivity index (χ3n) is 3.65. The van der Waals surface area contributed by atoms with Crippen LogP contribution >= 0.6 is 0 Å². The van der Waals surface area contributed by atoms with Crippen LogP contribution in [0.1, 0.15) is 24.6 Å². The second-order valence-corrected chi connectivity index (χ2v) is 5.24. The molecule has 0 aliphatic carbocycles. The Morgan fingerprint density at radius 3 is 3.00 bits per heavy atom. The molecular weight excluding hydrogens is 280 g/mol. The van der Waals surface area contributed by atoms with Crippen molar-refractivity contribution in [1.82, 2.24) is 19.9 Å². The molecule has 3 rings (SSSR count). The van der Waals surface area contributed by atoms with Gasteiger partial charge in [-0.3, -0.25) is 9.69 Å². The molecule has 1 fully saturated rings. The number of hydrogen-bond acceptors (Lipinski definition) is 6. The highest BCUT2D eigenvalue weighted by Gasteiger charge is 2.28. The lowest BCUT2D eigenvalue weighted by atomic mass is 10.1. The number of hydrogen-bond donors (Lipinski definition) is 2. The van der Waals surface area contributed by atoms with Crippen LogP contribution in [0.3, 0.4) is 0 Å². The quantitative estimate of drug-likeness (QED) is 0.862. The molecule has 7 nitrogen and oxygen atoms in total. The van der Waals surface area contributed by atoms with Gasteiger partial charge in [0.05, 0.1) is 18.3 Å². The number of carbonyl (C=O) groups excluding carboxylic acids is 1. The average Bonchev–Trinajstić information content (AvgIpc) is 2.96. The molecule has 22 heavy (non-hydrogen) atoms. The molecule has 0 unspecified atom stereocenters. The summed E-state index contributed by atoms with van der Waals surface area (Å²) in [5, 5.41) is 3.08. The summed E-state index contributed by atoms with van der Waals surface area (Å²) in [5.41, 5.74) is 6.21. The van der Waals surface area contributed by atoms with Crippen molar-refractivity contribution >= 4 is 17.7 Å². The lowest BCUT2D eigenvalue weighted by molar-refractivity contribution is -0.119. The van der Waals surface area contributed by atoms with Crippen LogP contribution in [0.25, 0.3) is 0 Å². The fourth-order valence-corrected chi connectivity index (χ4v) is 2.72. The highest BCUT2D eigenvalue weighted by atomic mass is 16.1. The van der Waals surface area contributed by atoms with Crippen molar-refractivity contribution in [3.05, 3.63) is 42.4 Å². The first kappa shape index (κ1) is 14.4. The summed E-state index contributed by atoms with van der Waals surface area (Å²) in [7, 11) is 0. The summed E-state index contributed by atoms with van der Waals surface area (Å²) < 4.78 is 0. The van der Waals surface area contributed by atoms with E-state index < -0.39 is 0 Å². The Balaban J connectivity index is 1.77. The number of aromatic nitrogens is 3. The minimum atomic E-state index is -0.312. The molecule has 1 amide bonds. The summed E-state index contributed by atoms with van der Waals surface area (Å²) in [5.74, 6) is 0.884. The Kier molecular flexibility index (Phi) is 4.24. The summed E-state index contributed by atoms with van der Waals surface area (Å²) in [6, 6.07) is 7.59. The van der Waals surface area contributed by atoms with Gasteiger partial charge in [0.15, 0.2) is 0 Å². The molecule has 3 heterocycles. The zero-order valence-electron chi connectivity index (χ0n) is 12.1. The van der Waals surface area contributed by atoms with Crippen molar-refractivity contribution in [1.29, 1.82) is 0 Å². The van der Waals surface area contributed by atoms with Gasteiger partial charge in [-0.15, -0.1) is 0 Å². The molecule has 1 aliphatic rings. The molecule has 7 heteroatoms. The molecule has 2 aromatic heterocycles. The van der Waals surface area contributed by atoms with Gasteiger partial charge in [-0.25, -0.2) is 15.0 Å². The smallest absolute Gasteiger partial charge is 0.231 e. The van der Waals surface area contributed by atoms with Gasteiger partial charge in [0.2, 0.25) is 11.9 Å². The summed E-state index contributed by atoms with van der Waals surface area (Å²) in [6.45, 7) is 1.12. The van der Waals surface area contributed by atoms with Crippen LogP contribution in [0.4, 0.5) is 11.8 Å². The first-order valence-electron chi connectivity index (χ1n) is 7.26. The second-order valence-electron chi connectivity index (χ2n) is 5.24. The van der Waals surface area contributed by atoms with Crippen LogP contribution < -0.4 is 11.1 Å². The highest BCUT2D eigenvalue weighted by molar-refractivity contribution is 5.76. The van der Waals surface area contributed by atoms with Crippen LogP contribution in [-0.4, -0.2) is 38.8 Å². The molecule has 0 saturated carbocycles. The maximum atomic E-state index is 11.2. The molecule has 0 radical (unpaired) electrons. The molecule has 2 aromatic rings. The highest BCUT2D eigenvalue weighted by Crippen LogP contribution is 2.30. The molecule has 1 aliphatic heterocycles. The van der Waals surface area contributed by atoms with Gasteiger partial charge in [0, 0.05) is 12.4 Å². The number of amides is 1. The van der Waals surface area contributed by atoms with E-state index in [2.05, 4.69) is 25.2 Å². The van der Waals surface area contributed by atoms with Crippen molar-refractivity contribution in [2.45, 2.75) is 18.9 Å². The number of nitrogens with one attached hydrogen (secondary N) is 1. The molecule has 1 saturated heterocycles. The number of likely N-dealkylation sites (tertiary alicyclic amines) is 1. The Bertz CT molecular complexity index is 647. The lowest BCUT2D eigenvalue weighted by Gasteiger charge is -2.22. The Morgan fingerprint density at radius 1 is 1.32 bits per heavy atom. The zero-order valence-corrected chi connectivity index (χ0v) is 12.1. The minimum absolute atomic E-state index is 0.111. The molecule has 1 atom stereocenters. The standard InChI is InChI=1S/C15H18N6O/c16-13(22)10-21-9-3-4-12(21)11-6-8-18-15(19-11)20-14-5-1-2-7-17-14/h1-2,5-8,12H,3-4,9-10H2,(H2,16,22)(H,17,18,19,20)/t12-/m1/s1. The zero-order chi connectivity index (χ0) is 15.4. The minimum Gasteiger partial charge on any atom is -0.369 e. The first-order valence-corrected chi connectivity index (χ1v) is 7.26. The number of primary amides is 1. The first-order chi connectivity index (χ1) is 10.7. The monoisotopic (exact) mass is 298 g/mol. The molecule has 3 N–H and O–H groups in total. The van der Waals surface area contributed by atoms with Gasteiger partial charge in [0.1, 0.15) is 5.82 Å². The molecular formula is C15H18N6O. The number of pyridine rings is 1. The van der Waals surface area contributed by atoms with Crippen molar-refractivity contribution in [2.24, 2.45) is 5.73 Å². The summed E-state index contributed by atoms with van der Waals surface area (Å²) >= 11 is 0. The Morgan fingerprint density at radius 2 is 2.23 bits per heavy atom. The fraction of sp³-hybridized carbons (Fsp3) is 0.333. The Hall–Kier alpha value is -2.54. The number of anilines is 2. The topological polar surface area (TPSA) is 97.0 Å². The van der Waals surface area contributed by atoms with Gasteiger partial charge in [-0.05, 0) is 37.6 Å². The molecule has 0 bridgehead atoms. The van der Waals surface area contributed by atoms with Gasteiger partial charge in [0.25, 0.3) is 0 Å². The maximum absolute atomic E-state index is 11.2. The number of rotatable bonds is 5. The van der Waals surface area contributed by atoms with E-state index in [-0.39, 0.29) is 18.5 Å². The molecule has 114 valence electrons.